The lowest BCUT2D eigenvalue weighted by Crippen LogP contribution is -2.24. The number of anilines is 1. The van der Waals surface area contributed by atoms with Crippen molar-refractivity contribution in [2.75, 3.05) is 18.0 Å². The second kappa shape index (κ2) is 6.65. The van der Waals surface area contributed by atoms with Crippen molar-refractivity contribution in [3.63, 3.8) is 0 Å². The Morgan fingerprint density at radius 2 is 2.06 bits per heavy atom. The smallest absolute Gasteiger partial charge is 0.159 e. The molecule has 0 amide bonds. The number of benzene rings is 1. The van der Waals surface area contributed by atoms with Crippen LogP contribution < -0.4 is 4.90 Å². The Hall–Kier alpha value is -1.02. The van der Waals surface area contributed by atoms with Gasteiger partial charge in [0.25, 0.3) is 0 Å². The number of hydrogen-bond donors (Lipinski definition) is 0. The van der Waals surface area contributed by atoms with Gasteiger partial charge >= 0.3 is 0 Å². The maximum Gasteiger partial charge on any atom is 0.159 e. The average molecular weight is 254 g/mol. The number of carbonyl (C=O) groups excluding carboxylic acids is 1. The molecule has 0 N–H and O–H groups in total. The van der Waals surface area contributed by atoms with E-state index in [-0.39, 0.29) is 5.78 Å². The second-order valence-electron chi connectivity index (χ2n) is 4.16. The number of ketones is 1. The van der Waals surface area contributed by atoms with Crippen LogP contribution in [0.5, 0.6) is 0 Å². The zero-order valence-corrected chi connectivity index (χ0v) is 11.5. The van der Waals surface area contributed by atoms with Gasteiger partial charge in [0.2, 0.25) is 0 Å². The van der Waals surface area contributed by atoms with Gasteiger partial charge in [0.1, 0.15) is 0 Å². The first kappa shape index (κ1) is 14.0. The summed E-state index contributed by atoms with van der Waals surface area (Å²) in [4.78, 5) is 13.5. The van der Waals surface area contributed by atoms with Gasteiger partial charge in [0.15, 0.2) is 5.78 Å². The Bertz CT molecular complexity index is 390. The molecule has 0 spiro atoms. The normalized spacial score (nSPS) is 10.4. The molecule has 0 saturated carbocycles. The molecule has 94 valence electrons. The van der Waals surface area contributed by atoms with Crippen LogP contribution in [0.4, 0.5) is 5.69 Å². The third-order valence-electron chi connectivity index (χ3n) is 2.86. The number of halogens is 1. The van der Waals surface area contributed by atoms with E-state index < -0.39 is 0 Å². The molecule has 2 nitrogen and oxygen atoms in total. The topological polar surface area (TPSA) is 20.3 Å². The lowest BCUT2D eigenvalue weighted by Gasteiger charge is -2.24. The van der Waals surface area contributed by atoms with Crippen molar-refractivity contribution < 1.29 is 4.79 Å². The zero-order chi connectivity index (χ0) is 12.8. The summed E-state index contributed by atoms with van der Waals surface area (Å²) in [5.41, 5.74) is 1.69. The maximum absolute atomic E-state index is 11.2. The number of unbranched alkanes of at least 4 members (excludes halogenated alkanes) is 1. The van der Waals surface area contributed by atoms with Gasteiger partial charge in [0, 0.05) is 18.7 Å². The molecule has 0 saturated heterocycles. The molecule has 3 heteroatoms. The molecule has 0 aliphatic carbocycles. The highest BCUT2D eigenvalue weighted by atomic mass is 35.5. The fraction of sp³-hybridized carbons (Fsp3) is 0.500. The average Bonchev–Trinajstić information content (AvgIpc) is 2.31. The van der Waals surface area contributed by atoms with Crippen LogP contribution in [0.1, 0.15) is 44.0 Å². The van der Waals surface area contributed by atoms with Crippen molar-refractivity contribution in [2.45, 2.75) is 33.6 Å². The van der Waals surface area contributed by atoms with Gasteiger partial charge in [0.05, 0.1) is 10.7 Å². The largest absolute Gasteiger partial charge is 0.371 e. The minimum Gasteiger partial charge on any atom is -0.371 e. The quantitative estimate of drug-likeness (QED) is 0.710. The van der Waals surface area contributed by atoms with E-state index in [2.05, 4.69) is 18.7 Å². The fourth-order valence-corrected chi connectivity index (χ4v) is 2.08. The van der Waals surface area contributed by atoms with Crippen LogP contribution in [0.15, 0.2) is 18.2 Å². The van der Waals surface area contributed by atoms with Gasteiger partial charge in [-0.2, -0.15) is 0 Å². The van der Waals surface area contributed by atoms with Crippen LogP contribution in [0.3, 0.4) is 0 Å². The van der Waals surface area contributed by atoms with Crippen LogP contribution in [0.25, 0.3) is 0 Å². The molecular weight excluding hydrogens is 234 g/mol. The number of hydrogen-bond acceptors (Lipinski definition) is 2. The van der Waals surface area contributed by atoms with Crippen LogP contribution in [-0.2, 0) is 0 Å². The highest BCUT2D eigenvalue weighted by Gasteiger charge is 2.10. The predicted octanol–water partition coefficient (Wildman–Crippen LogP) is 4.17. The molecule has 0 atom stereocenters. The SMILES string of the molecule is CCCCN(CC)c1ccc(C(C)=O)cc1Cl. The molecule has 1 aromatic carbocycles. The number of Topliss-reactive ketones (excluding diaryl/α,β-unsaturated/α-hetero) is 1. The summed E-state index contributed by atoms with van der Waals surface area (Å²) in [6.45, 7) is 7.78. The van der Waals surface area contributed by atoms with E-state index in [0.29, 0.717) is 10.6 Å². The third kappa shape index (κ3) is 3.74. The Balaban J connectivity index is 2.92. The monoisotopic (exact) mass is 253 g/mol. The molecular formula is C14H20ClNO. The molecule has 0 unspecified atom stereocenters. The second-order valence-corrected chi connectivity index (χ2v) is 4.56. The summed E-state index contributed by atoms with van der Waals surface area (Å²) < 4.78 is 0. The van der Waals surface area contributed by atoms with Gasteiger partial charge in [-0.25, -0.2) is 0 Å². The molecule has 0 bridgehead atoms. The van der Waals surface area contributed by atoms with Crippen molar-refractivity contribution in [2.24, 2.45) is 0 Å². The van der Waals surface area contributed by atoms with E-state index in [1.165, 1.54) is 6.42 Å². The van der Waals surface area contributed by atoms with Gasteiger partial charge in [-0.1, -0.05) is 24.9 Å². The zero-order valence-electron chi connectivity index (χ0n) is 10.8. The van der Waals surface area contributed by atoms with Crippen LogP contribution in [-0.4, -0.2) is 18.9 Å². The van der Waals surface area contributed by atoms with Crippen molar-refractivity contribution in [1.82, 2.24) is 0 Å². The van der Waals surface area contributed by atoms with Gasteiger partial charge in [-0.15, -0.1) is 0 Å². The van der Waals surface area contributed by atoms with E-state index in [1.54, 1.807) is 13.0 Å². The molecule has 0 radical (unpaired) electrons. The number of rotatable bonds is 6. The van der Waals surface area contributed by atoms with Gasteiger partial charge in [-0.3, -0.25) is 4.79 Å². The lowest BCUT2D eigenvalue weighted by atomic mass is 10.1. The van der Waals surface area contributed by atoms with E-state index in [4.69, 9.17) is 11.6 Å². The third-order valence-corrected chi connectivity index (χ3v) is 3.16. The molecule has 0 heterocycles. The summed E-state index contributed by atoms with van der Waals surface area (Å²) >= 11 is 6.23. The van der Waals surface area contributed by atoms with Gasteiger partial charge < -0.3 is 4.90 Å². The predicted molar refractivity (Wildman–Crippen MR) is 74.3 cm³/mol. The van der Waals surface area contributed by atoms with Gasteiger partial charge in [-0.05, 0) is 38.5 Å². The molecule has 1 aromatic rings. The van der Waals surface area contributed by atoms with Crippen LogP contribution >= 0.6 is 11.6 Å². The van der Waals surface area contributed by atoms with E-state index in [0.717, 1.165) is 25.2 Å². The molecule has 17 heavy (non-hydrogen) atoms. The van der Waals surface area contributed by atoms with Crippen molar-refractivity contribution in [3.05, 3.63) is 28.8 Å². The molecule has 0 aliphatic heterocycles. The van der Waals surface area contributed by atoms with Crippen molar-refractivity contribution >= 4 is 23.1 Å². The van der Waals surface area contributed by atoms with E-state index in [9.17, 15) is 4.79 Å². The Morgan fingerprint density at radius 3 is 2.53 bits per heavy atom. The Morgan fingerprint density at radius 1 is 1.35 bits per heavy atom. The summed E-state index contributed by atoms with van der Waals surface area (Å²) in [6.07, 6.45) is 2.32. The molecule has 0 aromatic heterocycles. The van der Waals surface area contributed by atoms with Crippen molar-refractivity contribution in [3.8, 4) is 0 Å². The highest BCUT2D eigenvalue weighted by molar-refractivity contribution is 6.33. The molecule has 1 rings (SSSR count). The van der Waals surface area contributed by atoms with Crippen LogP contribution in [0.2, 0.25) is 5.02 Å². The summed E-state index contributed by atoms with van der Waals surface area (Å²) in [7, 11) is 0. The lowest BCUT2D eigenvalue weighted by molar-refractivity contribution is 0.101. The first-order chi connectivity index (χ1) is 8.10. The minimum absolute atomic E-state index is 0.0510. The first-order valence-electron chi connectivity index (χ1n) is 6.15. The van der Waals surface area contributed by atoms with Crippen molar-refractivity contribution in [1.29, 1.82) is 0 Å². The standard InChI is InChI=1S/C14H20ClNO/c1-4-6-9-16(5-2)14-8-7-12(11(3)17)10-13(14)15/h7-8,10H,4-6,9H2,1-3H3. The maximum atomic E-state index is 11.2. The van der Waals surface area contributed by atoms with E-state index >= 15 is 0 Å². The van der Waals surface area contributed by atoms with E-state index in [1.807, 2.05) is 12.1 Å². The first-order valence-corrected chi connectivity index (χ1v) is 6.53. The summed E-state index contributed by atoms with van der Waals surface area (Å²) in [5, 5.41) is 0.663. The summed E-state index contributed by atoms with van der Waals surface area (Å²) in [6, 6.07) is 5.55. The Labute approximate surface area is 109 Å². The number of nitrogens with zero attached hydrogens (tertiary/aromatic N) is 1. The number of carbonyl (C=O) groups is 1. The fourth-order valence-electron chi connectivity index (χ4n) is 1.78. The Kier molecular flexibility index (Phi) is 5.49. The highest BCUT2D eigenvalue weighted by Crippen LogP contribution is 2.27. The van der Waals surface area contributed by atoms with Crippen LogP contribution in [0, 0.1) is 0 Å². The minimum atomic E-state index is 0.0510. The molecule has 0 aliphatic rings. The molecule has 0 fully saturated rings. The summed E-state index contributed by atoms with van der Waals surface area (Å²) in [5.74, 6) is 0.0510.